The fraction of sp³-hybridized carbons (Fsp3) is 0.312. The largest absolute Gasteiger partial charge is 0.458 e. The molecular formula is C16H16FN3O2S. The number of hydrogen-bond acceptors (Lipinski definition) is 5. The molecule has 0 aromatic carbocycles. The lowest BCUT2D eigenvalue weighted by Gasteiger charge is -2.31. The topological polar surface area (TPSA) is 55.3 Å². The molecule has 0 bridgehead atoms. The van der Waals surface area contributed by atoms with Crippen molar-refractivity contribution in [1.82, 2.24) is 14.9 Å². The zero-order valence-corrected chi connectivity index (χ0v) is 13.2. The van der Waals surface area contributed by atoms with E-state index in [0.29, 0.717) is 13.1 Å². The Kier molecular flexibility index (Phi) is 4.97. The van der Waals surface area contributed by atoms with Gasteiger partial charge in [-0.15, -0.1) is 11.3 Å². The highest BCUT2D eigenvalue weighted by atomic mass is 32.1. The van der Waals surface area contributed by atoms with Gasteiger partial charge in [-0.1, -0.05) is 6.07 Å². The number of ether oxygens (including phenoxy) is 1. The second-order valence-corrected chi connectivity index (χ2v) is 6.18. The number of likely N-dealkylation sites (tertiary alicyclic amines) is 1. The van der Waals surface area contributed by atoms with Gasteiger partial charge in [0.15, 0.2) is 5.82 Å². The molecule has 3 heterocycles. The van der Waals surface area contributed by atoms with E-state index in [1.807, 2.05) is 23.6 Å². The van der Waals surface area contributed by atoms with Gasteiger partial charge in [0.25, 0.3) is 0 Å². The van der Waals surface area contributed by atoms with Gasteiger partial charge in [-0.05, 0) is 30.4 Å². The summed E-state index contributed by atoms with van der Waals surface area (Å²) >= 11 is 1.59. The van der Waals surface area contributed by atoms with Gasteiger partial charge in [0.05, 0.1) is 18.9 Å². The summed E-state index contributed by atoms with van der Waals surface area (Å²) in [4.78, 5) is 22.6. The van der Waals surface area contributed by atoms with E-state index in [1.165, 1.54) is 0 Å². The molecule has 120 valence electrons. The molecule has 23 heavy (non-hydrogen) atoms. The van der Waals surface area contributed by atoms with Crippen LogP contribution in [0.5, 0.6) is 6.01 Å². The molecule has 1 amide bonds. The Labute approximate surface area is 137 Å². The van der Waals surface area contributed by atoms with E-state index >= 15 is 0 Å². The van der Waals surface area contributed by atoms with E-state index < -0.39 is 5.82 Å². The van der Waals surface area contributed by atoms with Crippen LogP contribution in [0.3, 0.4) is 0 Å². The predicted octanol–water partition coefficient (Wildman–Crippen LogP) is 2.76. The van der Waals surface area contributed by atoms with Gasteiger partial charge in [-0.25, -0.2) is 14.4 Å². The van der Waals surface area contributed by atoms with Gasteiger partial charge in [-0.3, -0.25) is 4.79 Å². The van der Waals surface area contributed by atoms with Crippen LogP contribution in [0.15, 0.2) is 36.0 Å². The number of amides is 1. The lowest BCUT2D eigenvalue weighted by molar-refractivity contribution is -0.128. The second-order valence-electron chi connectivity index (χ2n) is 5.20. The zero-order chi connectivity index (χ0) is 16.1. The maximum Gasteiger partial charge on any atom is 0.316 e. The summed E-state index contributed by atoms with van der Waals surface area (Å²) in [7, 11) is 0. The maximum atomic E-state index is 12.8. The lowest BCUT2D eigenvalue weighted by Crippen LogP contribution is -2.43. The molecule has 1 fully saturated rings. The van der Waals surface area contributed by atoms with Gasteiger partial charge < -0.3 is 9.64 Å². The van der Waals surface area contributed by atoms with Crippen LogP contribution in [0.1, 0.15) is 17.7 Å². The van der Waals surface area contributed by atoms with Crippen LogP contribution in [0.2, 0.25) is 0 Å². The first-order valence-electron chi connectivity index (χ1n) is 7.35. The van der Waals surface area contributed by atoms with Crippen LogP contribution in [0.25, 0.3) is 6.08 Å². The van der Waals surface area contributed by atoms with Crippen molar-refractivity contribution in [1.29, 1.82) is 0 Å². The Morgan fingerprint density at radius 1 is 1.43 bits per heavy atom. The molecule has 1 unspecified atom stereocenters. The molecule has 1 atom stereocenters. The standard InChI is InChI=1S/C16H16FN3O2S/c17-12-9-18-16(19-10-12)22-13-3-1-7-20(11-13)15(21)6-5-14-4-2-8-23-14/h2,4-6,8-10,13H,1,3,7,11H2. The fourth-order valence-corrected chi connectivity index (χ4v) is 3.01. The molecule has 1 saturated heterocycles. The molecule has 0 radical (unpaired) electrons. The van der Waals surface area contributed by atoms with E-state index in [2.05, 4.69) is 9.97 Å². The molecular weight excluding hydrogens is 317 g/mol. The third-order valence-corrected chi connectivity index (χ3v) is 4.33. The van der Waals surface area contributed by atoms with Crippen molar-refractivity contribution < 1.29 is 13.9 Å². The highest BCUT2D eigenvalue weighted by Crippen LogP contribution is 2.16. The van der Waals surface area contributed by atoms with Gasteiger partial charge in [0.2, 0.25) is 5.91 Å². The molecule has 0 spiro atoms. The first-order chi connectivity index (χ1) is 11.2. The third-order valence-electron chi connectivity index (χ3n) is 3.49. The molecule has 1 aliphatic rings. The number of thiophene rings is 1. The SMILES string of the molecule is O=C(C=Cc1cccs1)N1CCCC(Oc2ncc(F)cn2)C1. The Morgan fingerprint density at radius 2 is 2.26 bits per heavy atom. The average molecular weight is 333 g/mol. The second kappa shape index (κ2) is 7.32. The van der Waals surface area contributed by atoms with Gasteiger partial charge in [-0.2, -0.15) is 0 Å². The summed E-state index contributed by atoms with van der Waals surface area (Å²) in [5.74, 6) is -0.539. The van der Waals surface area contributed by atoms with Gasteiger partial charge in [0, 0.05) is 17.5 Å². The number of carbonyl (C=O) groups is 1. The van der Waals surface area contributed by atoms with Crippen LogP contribution in [0.4, 0.5) is 4.39 Å². The van der Waals surface area contributed by atoms with Crippen molar-refractivity contribution in [3.8, 4) is 6.01 Å². The number of piperidine rings is 1. The van der Waals surface area contributed by atoms with Crippen molar-refractivity contribution in [3.63, 3.8) is 0 Å². The molecule has 7 heteroatoms. The molecule has 0 aliphatic carbocycles. The smallest absolute Gasteiger partial charge is 0.316 e. The molecule has 5 nitrogen and oxygen atoms in total. The number of rotatable bonds is 4. The first kappa shape index (κ1) is 15.6. The Balaban J connectivity index is 1.57. The molecule has 2 aromatic rings. The van der Waals surface area contributed by atoms with E-state index in [0.717, 1.165) is 30.1 Å². The minimum atomic E-state index is -0.503. The Bertz CT molecular complexity index is 673. The monoisotopic (exact) mass is 333 g/mol. The lowest BCUT2D eigenvalue weighted by atomic mass is 10.1. The minimum Gasteiger partial charge on any atom is -0.458 e. The number of hydrogen-bond donors (Lipinski definition) is 0. The summed E-state index contributed by atoms with van der Waals surface area (Å²) in [6, 6.07) is 4.05. The quantitative estimate of drug-likeness (QED) is 0.808. The Morgan fingerprint density at radius 3 is 3.00 bits per heavy atom. The predicted molar refractivity (Wildman–Crippen MR) is 85.6 cm³/mol. The van der Waals surface area contributed by atoms with Crippen LogP contribution >= 0.6 is 11.3 Å². The normalized spacial score (nSPS) is 18.3. The first-order valence-corrected chi connectivity index (χ1v) is 8.23. The summed E-state index contributed by atoms with van der Waals surface area (Å²) in [5, 5.41) is 1.97. The molecule has 2 aromatic heterocycles. The molecule has 0 saturated carbocycles. The van der Waals surface area contributed by atoms with Crippen LogP contribution in [0, 0.1) is 5.82 Å². The Hall–Kier alpha value is -2.28. The summed E-state index contributed by atoms with van der Waals surface area (Å²) in [6.07, 6.45) is 7.04. The maximum absolute atomic E-state index is 12.8. The van der Waals surface area contributed by atoms with Gasteiger partial charge in [0.1, 0.15) is 6.10 Å². The van der Waals surface area contributed by atoms with Crippen molar-refractivity contribution >= 4 is 23.3 Å². The van der Waals surface area contributed by atoms with E-state index in [4.69, 9.17) is 4.74 Å². The highest BCUT2D eigenvalue weighted by Gasteiger charge is 2.24. The van der Waals surface area contributed by atoms with Crippen LogP contribution < -0.4 is 4.74 Å². The van der Waals surface area contributed by atoms with Crippen LogP contribution in [-0.4, -0.2) is 40.0 Å². The zero-order valence-electron chi connectivity index (χ0n) is 12.4. The fourth-order valence-electron chi connectivity index (χ4n) is 2.39. The summed E-state index contributed by atoms with van der Waals surface area (Å²) in [6.45, 7) is 1.19. The third kappa shape index (κ3) is 4.35. The van der Waals surface area contributed by atoms with Crippen molar-refractivity contribution in [2.24, 2.45) is 0 Å². The summed E-state index contributed by atoms with van der Waals surface area (Å²) in [5.41, 5.74) is 0. The minimum absolute atomic E-state index is 0.0354. The average Bonchev–Trinajstić information content (AvgIpc) is 3.08. The van der Waals surface area contributed by atoms with Crippen molar-refractivity contribution in [2.45, 2.75) is 18.9 Å². The van der Waals surface area contributed by atoms with E-state index in [1.54, 1.807) is 22.3 Å². The molecule has 3 rings (SSSR count). The molecule has 0 N–H and O–H groups in total. The number of carbonyl (C=O) groups excluding carboxylic acids is 1. The number of nitrogens with zero attached hydrogens (tertiary/aromatic N) is 3. The summed E-state index contributed by atoms with van der Waals surface area (Å²) < 4.78 is 18.4. The van der Waals surface area contributed by atoms with Crippen molar-refractivity contribution in [2.75, 3.05) is 13.1 Å². The van der Waals surface area contributed by atoms with Gasteiger partial charge >= 0.3 is 6.01 Å². The number of halogens is 1. The van der Waals surface area contributed by atoms with Crippen LogP contribution in [-0.2, 0) is 4.79 Å². The highest BCUT2D eigenvalue weighted by molar-refractivity contribution is 7.10. The van der Waals surface area contributed by atoms with E-state index in [9.17, 15) is 9.18 Å². The number of aromatic nitrogens is 2. The molecule has 1 aliphatic heterocycles. The van der Waals surface area contributed by atoms with E-state index in [-0.39, 0.29) is 18.0 Å². The van der Waals surface area contributed by atoms with Crippen molar-refractivity contribution in [3.05, 3.63) is 46.7 Å².